The average molecular weight is 389 g/mol. The summed E-state index contributed by atoms with van der Waals surface area (Å²) in [6, 6.07) is 7.62. The summed E-state index contributed by atoms with van der Waals surface area (Å²) in [5.74, 6) is 1.95. The molecule has 1 aromatic heterocycles. The number of methoxy groups -OCH3 is 2. The predicted molar refractivity (Wildman–Crippen MR) is 101 cm³/mol. The van der Waals surface area contributed by atoms with Gasteiger partial charge in [0.1, 0.15) is 12.4 Å². The Morgan fingerprint density at radius 3 is 3.07 bits per heavy atom. The van der Waals surface area contributed by atoms with E-state index in [4.69, 9.17) is 18.7 Å². The number of hydrogen-bond acceptors (Lipinski definition) is 7. The summed E-state index contributed by atoms with van der Waals surface area (Å²) in [4.78, 5) is 18.8. The molecule has 1 aliphatic rings. The first-order valence-electron chi connectivity index (χ1n) is 9.50. The zero-order chi connectivity index (χ0) is 19.8. The maximum absolute atomic E-state index is 12.7. The second-order valence-electron chi connectivity index (χ2n) is 6.79. The van der Waals surface area contributed by atoms with E-state index in [-0.39, 0.29) is 12.0 Å². The Morgan fingerprint density at radius 1 is 1.36 bits per heavy atom. The highest BCUT2D eigenvalue weighted by molar-refractivity contribution is 5.79. The van der Waals surface area contributed by atoms with Gasteiger partial charge in [0.05, 0.1) is 26.2 Å². The molecule has 1 saturated heterocycles. The number of carbonyl (C=O) groups is 1. The lowest BCUT2D eigenvalue weighted by Crippen LogP contribution is -2.44. The largest absolute Gasteiger partial charge is 0.497 e. The number of carbonyl (C=O) groups excluding carboxylic acids is 1. The molecule has 1 aromatic carbocycles. The molecular formula is C20H27N3O5. The molecule has 0 saturated carbocycles. The van der Waals surface area contributed by atoms with Crippen LogP contribution in [0.1, 0.15) is 30.1 Å². The van der Waals surface area contributed by atoms with E-state index in [0.29, 0.717) is 44.3 Å². The van der Waals surface area contributed by atoms with Crippen LogP contribution in [-0.4, -0.2) is 61.0 Å². The number of piperidine rings is 1. The van der Waals surface area contributed by atoms with Gasteiger partial charge in [-0.3, -0.25) is 4.79 Å². The summed E-state index contributed by atoms with van der Waals surface area (Å²) in [7, 11) is 3.21. The summed E-state index contributed by atoms with van der Waals surface area (Å²) in [5, 5.41) is 3.90. The molecule has 1 amide bonds. The van der Waals surface area contributed by atoms with Crippen LogP contribution < -0.4 is 4.74 Å². The minimum atomic E-state index is 0.0355. The van der Waals surface area contributed by atoms with E-state index < -0.39 is 0 Å². The number of benzene rings is 1. The summed E-state index contributed by atoms with van der Waals surface area (Å²) in [6.45, 7) is 2.19. The summed E-state index contributed by atoms with van der Waals surface area (Å²) in [5.41, 5.74) is 0.955. The molecule has 1 atom stereocenters. The Morgan fingerprint density at radius 2 is 2.25 bits per heavy atom. The van der Waals surface area contributed by atoms with Crippen LogP contribution in [0.15, 0.2) is 28.8 Å². The lowest BCUT2D eigenvalue weighted by Gasteiger charge is -2.32. The van der Waals surface area contributed by atoms with Crippen LogP contribution in [0.4, 0.5) is 0 Å². The van der Waals surface area contributed by atoms with Gasteiger partial charge in [0.25, 0.3) is 5.89 Å². The number of rotatable bonds is 9. The Bertz CT molecular complexity index is 764. The number of ether oxygens (including phenoxy) is 3. The van der Waals surface area contributed by atoms with Crippen molar-refractivity contribution >= 4 is 5.91 Å². The third kappa shape index (κ3) is 5.77. The molecule has 1 unspecified atom stereocenters. The fraction of sp³-hybridized carbons (Fsp3) is 0.550. The van der Waals surface area contributed by atoms with Crippen molar-refractivity contribution in [2.45, 2.75) is 38.4 Å². The van der Waals surface area contributed by atoms with Gasteiger partial charge >= 0.3 is 0 Å². The minimum absolute atomic E-state index is 0.0355. The second-order valence-corrected chi connectivity index (χ2v) is 6.79. The van der Waals surface area contributed by atoms with Gasteiger partial charge in [0.15, 0.2) is 5.82 Å². The van der Waals surface area contributed by atoms with Crippen LogP contribution in [0, 0.1) is 0 Å². The molecule has 1 fully saturated rings. The zero-order valence-corrected chi connectivity index (χ0v) is 16.4. The van der Waals surface area contributed by atoms with E-state index in [2.05, 4.69) is 10.1 Å². The van der Waals surface area contributed by atoms with Crippen molar-refractivity contribution in [3.05, 3.63) is 41.5 Å². The van der Waals surface area contributed by atoms with Gasteiger partial charge in [-0.05, 0) is 30.5 Å². The van der Waals surface area contributed by atoms with E-state index in [1.807, 2.05) is 29.2 Å². The third-order valence-corrected chi connectivity index (χ3v) is 4.68. The standard InChI is InChI=1S/C20H27N3O5/c1-25-14-19-21-18(22-28-19)8-10-27-17-7-4-9-23(13-17)20(24)12-15-5-3-6-16(11-15)26-2/h3,5-6,11,17H,4,7-10,12-14H2,1-2H3. The number of nitrogens with zero attached hydrogens (tertiary/aromatic N) is 3. The number of hydrogen-bond donors (Lipinski definition) is 0. The molecule has 2 aromatic rings. The predicted octanol–water partition coefficient (Wildman–Crippen LogP) is 2.02. The van der Waals surface area contributed by atoms with Crippen molar-refractivity contribution in [3.63, 3.8) is 0 Å². The van der Waals surface area contributed by atoms with Crippen LogP contribution in [0.25, 0.3) is 0 Å². The van der Waals surface area contributed by atoms with Gasteiger partial charge in [-0.15, -0.1) is 0 Å². The molecule has 8 heteroatoms. The Kier molecular flexibility index (Phi) is 7.39. The van der Waals surface area contributed by atoms with Gasteiger partial charge in [-0.25, -0.2) is 0 Å². The number of likely N-dealkylation sites (tertiary alicyclic amines) is 1. The highest BCUT2D eigenvalue weighted by atomic mass is 16.5. The first kappa shape index (κ1) is 20.3. The lowest BCUT2D eigenvalue weighted by molar-refractivity contribution is -0.134. The summed E-state index contributed by atoms with van der Waals surface area (Å²) >= 11 is 0. The smallest absolute Gasteiger partial charge is 0.252 e. The Balaban J connectivity index is 1.44. The number of aromatic nitrogens is 2. The fourth-order valence-corrected chi connectivity index (χ4v) is 3.26. The van der Waals surface area contributed by atoms with Gasteiger partial charge in [-0.1, -0.05) is 17.3 Å². The van der Waals surface area contributed by atoms with E-state index in [1.54, 1.807) is 14.2 Å². The van der Waals surface area contributed by atoms with Crippen LogP contribution in [-0.2, 0) is 33.7 Å². The summed E-state index contributed by atoms with van der Waals surface area (Å²) < 4.78 is 21.2. The van der Waals surface area contributed by atoms with Crippen LogP contribution in [0.5, 0.6) is 5.75 Å². The molecule has 28 heavy (non-hydrogen) atoms. The molecule has 152 valence electrons. The third-order valence-electron chi connectivity index (χ3n) is 4.68. The zero-order valence-electron chi connectivity index (χ0n) is 16.4. The lowest BCUT2D eigenvalue weighted by atomic mass is 10.1. The highest BCUT2D eigenvalue weighted by Crippen LogP contribution is 2.17. The maximum atomic E-state index is 12.7. The normalized spacial score (nSPS) is 16.9. The van der Waals surface area contributed by atoms with Crippen molar-refractivity contribution in [2.24, 2.45) is 0 Å². The van der Waals surface area contributed by atoms with E-state index in [1.165, 1.54) is 0 Å². The maximum Gasteiger partial charge on any atom is 0.252 e. The van der Waals surface area contributed by atoms with Crippen molar-refractivity contribution in [3.8, 4) is 5.75 Å². The van der Waals surface area contributed by atoms with E-state index in [9.17, 15) is 4.79 Å². The van der Waals surface area contributed by atoms with Gasteiger partial charge in [0, 0.05) is 26.6 Å². The molecule has 0 radical (unpaired) electrons. The van der Waals surface area contributed by atoms with Crippen molar-refractivity contribution in [2.75, 3.05) is 33.9 Å². The van der Waals surface area contributed by atoms with Crippen molar-refractivity contribution in [1.29, 1.82) is 0 Å². The monoisotopic (exact) mass is 389 g/mol. The molecule has 0 spiro atoms. The van der Waals surface area contributed by atoms with Crippen molar-refractivity contribution in [1.82, 2.24) is 15.0 Å². The quantitative estimate of drug-likeness (QED) is 0.648. The average Bonchev–Trinajstić information content (AvgIpc) is 3.16. The molecule has 0 aliphatic carbocycles. The Hall–Kier alpha value is -2.45. The Labute approximate surface area is 164 Å². The van der Waals surface area contributed by atoms with Crippen LogP contribution in [0.3, 0.4) is 0 Å². The van der Waals surface area contributed by atoms with Gasteiger partial charge in [0.2, 0.25) is 5.91 Å². The summed E-state index contributed by atoms with van der Waals surface area (Å²) in [6.07, 6.45) is 2.86. The molecule has 0 N–H and O–H groups in total. The number of amides is 1. The molecular weight excluding hydrogens is 362 g/mol. The molecule has 8 nitrogen and oxygen atoms in total. The fourth-order valence-electron chi connectivity index (χ4n) is 3.26. The molecule has 1 aliphatic heterocycles. The SMILES string of the molecule is COCc1nc(CCOC2CCCN(C(=O)Cc3cccc(OC)c3)C2)no1. The second kappa shape index (κ2) is 10.2. The van der Waals surface area contributed by atoms with Gasteiger partial charge in [-0.2, -0.15) is 4.98 Å². The van der Waals surface area contributed by atoms with Crippen molar-refractivity contribution < 1.29 is 23.5 Å². The molecule has 2 heterocycles. The highest BCUT2D eigenvalue weighted by Gasteiger charge is 2.24. The first-order chi connectivity index (χ1) is 13.7. The molecule has 0 bridgehead atoms. The topological polar surface area (TPSA) is 86.9 Å². The molecule has 3 rings (SSSR count). The first-order valence-corrected chi connectivity index (χ1v) is 9.50. The van der Waals surface area contributed by atoms with E-state index in [0.717, 1.165) is 30.7 Å². The van der Waals surface area contributed by atoms with Crippen LogP contribution >= 0.6 is 0 Å². The van der Waals surface area contributed by atoms with Gasteiger partial charge < -0.3 is 23.6 Å². The van der Waals surface area contributed by atoms with Crippen LogP contribution in [0.2, 0.25) is 0 Å². The minimum Gasteiger partial charge on any atom is -0.497 e. The van der Waals surface area contributed by atoms with E-state index >= 15 is 0 Å².